The van der Waals surface area contributed by atoms with E-state index in [1.165, 1.54) is 19.2 Å². The fraction of sp³-hybridized carbons (Fsp3) is 0.533. The third kappa shape index (κ3) is 5.00. The van der Waals surface area contributed by atoms with Crippen LogP contribution in [0.1, 0.15) is 19.8 Å². The van der Waals surface area contributed by atoms with E-state index in [1.807, 2.05) is 6.92 Å². The summed E-state index contributed by atoms with van der Waals surface area (Å²) in [6, 6.07) is 6.01. The Morgan fingerprint density at radius 1 is 1.30 bits per heavy atom. The highest BCUT2D eigenvalue weighted by molar-refractivity contribution is 7.89. The summed E-state index contributed by atoms with van der Waals surface area (Å²) in [5.41, 5.74) is 0.536. The van der Waals surface area contributed by atoms with Gasteiger partial charge in [-0.05, 0) is 44.0 Å². The number of benzene rings is 1. The molecular weight excluding hydrogens is 320 g/mol. The van der Waals surface area contributed by atoms with Crippen LogP contribution >= 0.6 is 0 Å². The highest BCUT2D eigenvalue weighted by Crippen LogP contribution is 2.21. The first kappa shape index (κ1) is 17.9. The summed E-state index contributed by atoms with van der Waals surface area (Å²) in [4.78, 5) is 12.2. The second-order valence-electron chi connectivity index (χ2n) is 5.42. The summed E-state index contributed by atoms with van der Waals surface area (Å²) in [5.74, 6) is -0.205. The number of hydrogen-bond acceptors (Lipinski definition) is 5. The normalized spacial score (nSPS) is 21.3. The maximum atomic E-state index is 12.0. The van der Waals surface area contributed by atoms with E-state index >= 15 is 0 Å². The standard InChI is InChI=1S/C15H22N2O5S/c1-11-3-8-14(22-11)15(18)17-12-4-6-13(7-5-12)23(19,20)16-9-10-21-2/h4-7,11,14,16H,3,8-10H2,1-2H3,(H,17,18). The third-order valence-corrected chi connectivity index (χ3v) is 5.03. The predicted molar refractivity (Wildman–Crippen MR) is 85.7 cm³/mol. The van der Waals surface area contributed by atoms with E-state index in [9.17, 15) is 13.2 Å². The van der Waals surface area contributed by atoms with Crippen LogP contribution in [0.2, 0.25) is 0 Å². The van der Waals surface area contributed by atoms with Crippen LogP contribution < -0.4 is 10.0 Å². The summed E-state index contributed by atoms with van der Waals surface area (Å²) in [6.45, 7) is 2.44. The number of hydrogen-bond donors (Lipinski definition) is 2. The SMILES string of the molecule is COCCNS(=O)(=O)c1ccc(NC(=O)C2CCC(C)O2)cc1. The molecule has 23 heavy (non-hydrogen) atoms. The van der Waals surface area contributed by atoms with Crippen molar-refractivity contribution >= 4 is 21.6 Å². The first-order chi connectivity index (χ1) is 10.9. The van der Waals surface area contributed by atoms with Gasteiger partial charge in [0.25, 0.3) is 5.91 Å². The van der Waals surface area contributed by atoms with Gasteiger partial charge >= 0.3 is 0 Å². The van der Waals surface area contributed by atoms with E-state index < -0.39 is 16.1 Å². The first-order valence-electron chi connectivity index (χ1n) is 7.47. The van der Waals surface area contributed by atoms with Crippen LogP contribution in [0.25, 0.3) is 0 Å². The van der Waals surface area contributed by atoms with Crippen LogP contribution in [0.5, 0.6) is 0 Å². The molecule has 1 aliphatic heterocycles. The summed E-state index contributed by atoms with van der Waals surface area (Å²) >= 11 is 0. The molecule has 1 aliphatic rings. The van der Waals surface area contributed by atoms with Crippen molar-refractivity contribution < 1.29 is 22.7 Å². The van der Waals surface area contributed by atoms with Gasteiger partial charge in [0, 0.05) is 19.3 Å². The molecule has 1 aromatic rings. The average Bonchev–Trinajstić information content (AvgIpc) is 2.95. The molecule has 1 heterocycles. The largest absolute Gasteiger partial charge is 0.383 e. The van der Waals surface area contributed by atoms with Crippen LogP contribution in [0.15, 0.2) is 29.2 Å². The minimum atomic E-state index is -3.57. The fourth-order valence-electron chi connectivity index (χ4n) is 2.30. The molecule has 1 saturated heterocycles. The zero-order valence-electron chi connectivity index (χ0n) is 13.2. The first-order valence-corrected chi connectivity index (χ1v) is 8.95. The Morgan fingerprint density at radius 2 is 2.00 bits per heavy atom. The average molecular weight is 342 g/mol. The maximum Gasteiger partial charge on any atom is 0.253 e. The lowest BCUT2D eigenvalue weighted by atomic mass is 10.2. The van der Waals surface area contributed by atoms with Crippen molar-refractivity contribution in [3.05, 3.63) is 24.3 Å². The van der Waals surface area contributed by atoms with Crippen molar-refractivity contribution in [2.75, 3.05) is 25.6 Å². The van der Waals surface area contributed by atoms with Crippen LogP contribution in [0.3, 0.4) is 0 Å². The second-order valence-corrected chi connectivity index (χ2v) is 7.18. The van der Waals surface area contributed by atoms with Crippen molar-refractivity contribution in [3.63, 3.8) is 0 Å². The number of ether oxygens (including phenoxy) is 2. The van der Waals surface area contributed by atoms with Gasteiger partial charge in [0.2, 0.25) is 10.0 Å². The molecule has 2 N–H and O–H groups in total. The van der Waals surface area contributed by atoms with Crippen LogP contribution in [0.4, 0.5) is 5.69 Å². The Kier molecular flexibility index (Phi) is 6.11. The van der Waals surface area contributed by atoms with Gasteiger partial charge in [-0.2, -0.15) is 0 Å². The summed E-state index contributed by atoms with van der Waals surface area (Å²) in [5, 5.41) is 2.74. The predicted octanol–water partition coefficient (Wildman–Crippen LogP) is 1.12. The Balaban J connectivity index is 1.95. The van der Waals surface area contributed by atoms with Gasteiger partial charge in [-0.1, -0.05) is 0 Å². The molecule has 7 nitrogen and oxygen atoms in total. The number of anilines is 1. The molecule has 0 spiro atoms. The Morgan fingerprint density at radius 3 is 2.57 bits per heavy atom. The van der Waals surface area contributed by atoms with Gasteiger partial charge in [0.15, 0.2) is 0 Å². The molecule has 8 heteroatoms. The van der Waals surface area contributed by atoms with Crippen molar-refractivity contribution in [1.82, 2.24) is 4.72 Å². The molecule has 1 aromatic carbocycles. The molecule has 2 rings (SSSR count). The van der Waals surface area contributed by atoms with Gasteiger partial charge in [0.05, 0.1) is 17.6 Å². The zero-order chi connectivity index (χ0) is 16.9. The maximum absolute atomic E-state index is 12.0. The minimum absolute atomic E-state index is 0.0939. The number of carbonyl (C=O) groups is 1. The minimum Gasteiger partial charge on any atom is -0.383 e. The topological polar surface area (TPSA) is 93.7 Å². The summed E-state index contributed by atoms with van der Waals surface area (Å²) in [7, 11) is -2.07. The lowest BCUT2D eigenvalue weighted by Gasteiger charge is -2.12. The van der Waals surface area contributed by atoms with Crippen LogP contribution in [0, 0.1) is 0 Å². The van der Waals surface area contributed by atoms with Crippen molar-refractivity contribution in [3.8, 4) is 0 Å². The molecule has 0 aromatic heterocycles. The summed E-state index contributed by atoms with van der Waals surface area (Å²) < 4.78 is 36.8. The Hall–Kier alpha value is -1.48. The highest BCUT2D eigenvalue weighted by atomic mass is 32.2. The van der Waals surface area contributed by atoms with Gasteiger partial charge in [-0.3, -0.25) is 4.79 Å². The van der Waals surface area contributed by atoms with E-state index in [0.717, 1.165) is 6.42 Å². The molecule has 0 saturated carbocycles. The Bertz CT molecular complexity index is 630. The quantitative estimate of drug-likeness (QED) is 0.724. The van der Waals surface area contributed by atoms with Crippen molar-refractivity contribution in [1.29, 1.82) is 0 Å². The lowest BCUT2D eigenvalue weighted by molar-refractivity contribution is -0.126. The molecule has 1 fully saturated rings. The molecule has 0 radical (unpaired) electrons. The van der Waals surface area contributed by atoms with E-state index in [0.29, 0.717) is 18.7 Å². The second kappa shape index (κ2) is 7.87. The number of amides is 1. The summed E-state index contributed by atoms with van der Waals surface area (Å²) in [6.07, 6.45) is 1.21. The smallest absolute Gasteiger partial charge is 0.253 e. The van der Waals surface area contributed by atoms with E-state index in [1.54, 1.807) is 12.1 Å². The lowest BCUT2D eigenvalue weighted by Crippen LogP contribution is -2.28. The molecular formula is C15H22N2O5S. The van der Waals surface area contributed by atoms with Gasteiger partial charge < -0.3 is 14.8 Å². The molecule has 2 unspecified atom stereocenters. The Labute approximate surface area is 136 Å². The molecule has 128 valence electrons. The number of nitrogens with one attached hydrogen (secondary N) is 2. The van der Waals surface area contributed by atoms with Crippen molar-refractivity contribution in [2.24, 2.45) is 0 Å². The fourth-order valence-corrected chi connectivity index (χ4v) is 3.31. The highest BCUT2D eigenvalue weighted by Gasteiger charge is 2.28. The number of sulfonamides is 1. The molecule has 0 bridgehead atoms. The van der Waals surface area contributed by atoms with Gasteiger partial charge in [-0.25, -0.2) is 13.1 Å². The molecule has 0 aliphatic carbocycles. The molecule has 2 atom stereocenters. The van der Waals surface area contributed by atoms with E-state index in [-0.39, 0.29) is 23.5 Å². The van der Waals surface area contributed by atoms with Crippen LogP contribution in [-0.2, 0) is 24.3 Å². The van der Waals surface area contributed by atoms with Crippen molar-refractivity contribution in [2.45, 2.75) is 36.9 Å². The van der Waals surface area contributed by atoms with Gasteiger partial charge in [0.1, 0.15) is 6.10 Å². The molecule has 1 amide bonds. The third-order valence-electron chi connectivity index (χ3n) is 3.55. The van der Waals surface area contributed by atoms with E-state index in [4.69, 9.17) is 9.47 Å². The monoisotopic (exact) mass is 342 g/mol. The van der Waals surface area contributed by atoms with Crippen LogP contribution in [-0.4, -0.2) is 46.8 Å². The number of methoxy groups -OCH3 is 1. The van der Waals surface area contributed by atoms with E-state index in [2.05, 4.69) is 10.0 Å². The number of carbonyl (C=O) groups excluding carboxylic acids is 1. The number of rotatable bonds is 7. The zero-order valence-corrected chi connectivity index (χ0v) is 14.1. The van der Waals surface area contributed by atoms with Gasteiger partial charge in [-0.15, -0.1) is 0 Å².